The molecule has 0 N–H and O–H groups in total. The van der Waals surface area contributed by atoms with Crippen molar-refractivity contribution in [1.82, 2.24) is 0 Å². The van der Waals surface area contributed by atoms with E-state index in [1.807, 2.05) is 0 Å². The van der Waals surface area contributed by atoms with Gasteiger partial charge in [0.05, 0.1) is 14.2 Å². The van der Waals surface area contributed by atoms with Crippen molar-refractivity contribution in [3.63, 3.8) is 0 Å². The summed E-state index contributed by atoms with van der Waals surface area (Å²) in [4.78, 5) is 10.6. The molecule has 0 aliphatic carbocycles. The highest BCUT2D eigenvalue weighted by Crippen LogP contribution is 1.84. The van der Waals surface area contributed by atoms with Crippen molar-refractivity contribution < 1.29 is 14.3 Å². The Morgan fingerprint density at radius 1 is 1.40 bits per heavy atom. The van der Waals surface area contributed by atoms with Gasteiger partial charge in [0.1, 0.15) is 0 Å². The van der Waals surface area contributed by atoms with E-state index >= 15 is 0 Å². The largest absolute Gasteiger partial charge is 0.475 e. The van der Waals surface area contributed by atoms with Crippen LogP contribution in [0.5, 0.6) is 0 Å². The first-order valence-electron chi connectivity index (χ1n) is 2.42. The fourth-order valence-electron chi connectivity index (χ4n) is 0.317. The van der Waals surface area contributed by atoms with E-state index < -0.39 is 5.97 Å². The monoisotopic (exact) mass is 144 g/mol. The number of hydrogen-bond acceptors (Lipinski definition) is 5. The lowest BCUT2D eigenvalue weighted by Crippen LogP contribution is -2.16. The van der Waals surface area contributed by atoms with E-state index in [2.05, 4.69) is 26.4 Å². The molecule has 0 fully saturated rings. The molecule has 0 spiro atoms. The highest BCUT2D eigenvalue weighted by molar-refractivity contribution is 6.32. The second-order valence-corrected chi connectivity index (χ2v) is 1.24. The quantitative estimate of drug-likeness (QED) is 0.222. The number of rotatable bonds is 1. The first-order valence-corrected chi connectivity index (χ1v) is 2.42. The van der Waals surface area contributed by atoms with Crippen molar-refractivity contribution in [1.29, 1.82) is 0 Å². The molecular weight excluding hydrogens is 136 g/mol. The van der Waals surface area contributed by atoms with Gasteiger partial charge in [0.25, 0.3) is 0 Å². The van der Waals surface area contributed by atoms with Gasteiger partial charge in [-0.15, -0.1) is 5.10 Å². The SMILES string of the molecule is C=NN=C(OC)C(=O)OC. The van der Waals surface area contributed by atoms with E-state index in [4.69, 9.17) is 0 Å². The van der Waals surface area contributed by atoms with Gasteiger partial charge in [0, 0.05) is 6.72 Å². The second-order valence-electron chi connectivity index (χ2n) is 1.24. The summed E-state index contributed by atoms with van der Waals surface area (Å²) in [5.41, 5.74) is 0. The Morgan fingerprint density at radius 3 is 2.30 bits per heavy atom. The van der Waals surface area contributed by atoms with Crippen molar-refractivity contribution in [2.75, 3.05) is 14.2 Å². The van der Waals surface area contributed by atoms with E-state index in [9.17, 15) is 4.79 Å². The van der Waals surface area contributed by atoms with Crippen LogP contribution in [0.4, 0.5) is 0 Å². The molecule has 5 nitrogen and oxygen atoms in total. The number of nitrogens with zero attached hydrogens (tertiary/aromatic N) is 2. The van der Waals surface area contributed by atoms with Gasteiger partial charge in [0.15, 0.2) is 0 Å². The number of methoxy groups -OCH3 is 2. The number of ether oxygens (including phenoxy) is 2. The molecule has 0 rings (SSSR count). The Morgan fingerprint density at radius 2 is 2.00 bits per heavy atom. The summed E-state index contributed by atoms with van der Waals surface area (Å²) in [7, 11) is 2.51. The number of carbonyl (C=O) groups excluding carboxylic acids is 1. The Bertz CT molecular complexity index is 164. The molecule has 0 amide bonds. The zero-order valence-corrected chi connectivity index (χ0v) is 5.83. The van der Waals surface area contributed by atoms with E-state index in [-0.39, 0.29) is 5.90 Å². The fourth-order valence-corrected chi connectivity index (χ4v) is 0.317. The molecule has 0 bridgehead atoms. The Hall–Kier alpha value is -1.39. The maximum Gasteiger partial charge on any atom is 0.395 e. The molecule has 0 aromatic heterocycles. The molecule has 0 unspecified atom stereocenters. The van der Waals surface area contributed by atoms with Crippen LogP contribution in [-0.2, 0) is 14.3 Å². The summed E-state index contributed by atoms with van der Waals surface area (Å²) in [6.07, 6.45) is 0. The van der Waals surface area contributed by atoms with E-state index in [0.717, 1.165) is 0 Å². The molecule has 0 radical (unpaired) electrons. The first kappa shape index (κ1) is 8.61. The molecule has 0 aliphatic heterocycles. The number of carbonyl (C=O) groups is 1. The lowest BCUT2D eigenvalue weighted by atomic mass is 10.7. The summed E-state index contributed by atoms with van der Waals surface area (Å²) in [6.45, 7) is 3.04. The Balaban J connectivity index is 4.19. The zero-order chi connectivity index (χ0) is 7.98. The minimum Gasteiger partial charge on any atom is -0.475 e. The molecule has 0 atom stereocenters. The maximum atomic E-state index is 10.6. The molecule has 0 aromatic rings. The van der Waals surface area contributed by atoms with Crippen LogP contribution >= 0.6 is 0 Å². The van der Waals surface area contributed by atoms with E-state index in [0.29, 0.717) is 0 Å². The standard InChI is InChI=1S/C5H8N2O3/c1-6-7-4(9-2)5(8)10-3/h1H2,2-3H3. The van der Waals surface area contributed by atoms with Crippen molar-refractivity contribution in [2.45, 2.75) is 0 Å². The first-order chi connectivity index (χ1) is 4.76. The van der Waals surface area contributed by atoms with Crippen LogP contribution < -0.4 is 0 Å². The van der Waals surface area contributed by atoms with Gasteiger partial charge in [-0.1, -0.05) is 0 Å². The van der Waals surface area contributed by atoms with Crippen molar-refractivity contribution >= 4 is 18.6 Å². The van der Waals surface area contributed by atoms with Crippen LogP contribution in [0.1, 0.15) is 0 Å². The molecule has 0 heterocycles. The zero-order valence-electron chi connectivity index (χ0n) is 5.83. The van der Waals surface area contributed by atoms with E-state index in [1.165, 1.54) is 14.2 Å². The topological polar surface area (TPSA) is 60.2 Å². The summed E-state index contributed by atoms with van der Waals surface area (Å²) in [5.74, 6) is -0.882. The van der Waals surface area contributed by atoms with Crippen molar-refractivity contribution in [3.8, 4) is 0 Å². The maximum absolute atomic E-state index is 10.6. The van der Waals surface area contributed by atoms with Crippen LogP contribution in [0.3, 0.4) is 0 Å². The van der Waals surface area contributed by atoms with Gasteiger partial charge in [0.2, 0.25) is 0 Å². The highest BCUT2D eigenvalue weighted by atomic mass is 16.6. The van der Waals surface area contributed by atoms with Crippen LogP contribution in [0.15, 0.2) is 10.2 Å². The second kappa shape index (κ2) is 4.49. The lowest BCUT2D eigenvalue weighted by Gasteiger charge is -1.97. The Labute approximate surface area is 58.3 Å². The van der Waals surface area contributed by atoms with Crippen LogP contribution in [0, 0.1) is 0 Å². The number of hydrogen-bond donors (Lipinski definition) is 0. The average Bonchev–Trinajstić information content (AvgIpc) is 1.99. The lowest BCUT2D eigenvalue weighted by molar-refractivity contribution is -0.134. The minimum absolute atomic E-state index is 0.211. The average molecular weight is 144 g/mol. The van der Waals surface area contributed by atoms with Gasteiger partial charge in [-0.2, -0.15) is 5.10 Å². The van der Waals surface area contributed by atoms with Gasteiger partial charge >= 0.3 is 11.9 Å². The molecule has 10 heavy (non-hydrogen) atoms. The predicted molar refractivity (Wildman–Crippen MR) is 36.0 cm³/mol. The summed E-state index contributed by atoms with van der Waals surface area (Å²) < 4.78 is 8.76. The third-order valence-electron chi connectivity index (χ3n) is 0.715. The third-order valence-corrected chi connectivity index (χ3v) is 0.715. The molecule has 0 aliphatic rings. The molecule has 0 aromatic carbocycles. The fraction of sp³-hybridized carbons (Fsp3) is 0.400. The normalized spacial score (nSPS) is 10.4. The molecule has 5 heteroatoms. The predicted octanol–water partition coefficient (Wildman–Crippen LogP) is -0.180. The summed E-state index contributed by atoms with van der Waals surface area (Å²) in [6, 6.07) is 0. The van der Waals surface area contributed by atoms with Crippen molar-refractivity contribution in [3.05, 3.63) is 0 Å². The molecule has 0 saturated heterocycles. The van der Waals surface area contributed by atoms with Crippen LogP contribution in [0.25, 0.3) is 0 Å². The Kier molecular flexibility index (Phi) is 3.86. The van der Waals surface area contributed by atoms with E-state index in [1.54, 1.807) is 0 Å². The summed E-state index contributed by atoms with van der Waals surface area (Å²) >= 11 is 0. The molecular formula is C5H8N2O3. The third kappa shape index (κ3) is 2.25. The minimum atomic E-state index is -0.671. The number of esters is 1. The molecule has 0 saturated carbocycles. The van der Waals surface area contributed by atoms with Crippen LogP contribution in [0.2, 0.25) is 0 Å². The van der Waals surface area contributed by atoms with Crippen molar-refractivity contribution in [2.24, 2.45) is 10.2 Å². The van der Waals surface area contributed by atoms with Crippen LogP contribution in [-0.4, -0.2) is 32.8 Å². The van der Waals surface area contributed by atoms with Gasteiger partial charge in [-0.05, 0) is 0 Å². The van der Waals surface area contributed by atoms with Gasteiger partial charge < -0.3 is 9.47 Å². The van der Waals surface area contributed by atoms with Gasteiger partial charge in [-0.3, -0.25) is 0 Å². The van der Waals surface area contributed by atoms with Gasteiger partial charge in [-0.25, -0.2) is 4.79 Å². The molecule has 56 valence electrons. The highest BCUT2D eigenvalue weighted by Gasteiger charge is 2.10. The summed E-state index contributed by atoms with van der Waals surface area (Å²) in [5, 5.41) is 6.34. The smallest absolute Gasteiger partial charge is 0.395 e.